The summed E-state index contributed by atoms with van der Waals surface area (Å²) >= 11 is 8.16. The van der Waals surface area contributed by atoms with E-state index >= 15 is 0 Å². The summed E-state index contributed by atoms with van der Waals surface area (Å²) in [6.07, 6.45) is 0. The Labute approximate surface area is 108 Å². The van der Waals surface area contributed by atoms with Crippen molar-refractivity contribution in [3.05, 3.63) is 41.4 Å². The van der Waals surface area contributed by atoms with Crippen LogP contribution in [0.1, 0.15) is 0 Å². The summed E-state index contributed by atoms with van der Waals surface area (Å²) in [5, 5.41) is -0.0669. The first kappa shape index (κ1) is 11.3. The maximum atomic E-state index is 11.6. The van der Waals surface area contributed by atoms with Gasteiger partial charge in [-0.2, -0.15) is 0 Å². The molecule has 0 radical (unpaired) electrons. The summed E-state index contributed by atoms with van der Waals surface area (Å²) in [4.78, 5) is 50.6. The Morgan fingerprint density at radius 1 is 0.556 bits per heavy atom. The molecule has 0 aliphatic carbocycles. The number of nitrogens with one attached hydrogen (secondary N) is 2. The molecule has 8 heteroatoms. The van der Waals surface area contributed by atoms with Crippen LogP contribution in [0.3, 0.4) is 0 Å². The van der Waals surface area contributed by atoms with E-state index in [1.54, 1.807) is 0 Å². The van der Waals surface area contributed by atoms with Crippen LogP contribution in [0, 0.1) is 0 Å². The highest BCUT2D eigenvalue weighted by Gasteiger charge is 2.21. The van der Waals surface area contributed by atoms with Crippen LogP contribution < -0.4 is 22.2 Å². The van der Waals surface area contributed by atoms with Crippen LogP contribution in [0.4, 0.5) is 0 Å². The van der Waals surface area contributed by atoms with Gasteiger partial charge in [0.15, 0.2) is 0 Å². The average molecular weight is 280 g/mol. The molecule has 0 bridgehead atoms. The number of hydrogen-bond acceptors (Lipinski definition) is 6. The molecular weight excluding hydrogens is 276 g/mol. The minimum Gasteiger partial charge on any atom is -0.288 e. The number of rotatable bonds is 0. The molecule has 2 heterocycles. The van der Waals surface area contributed by atoms with Crippen LogP contribution in [0.5, 0.6) is 0 Å². The zero-order chi connectivity index (χ0) is 13.2. The van der Waals surface area contributed by atoms with Crippen molar-refractivity contribution >= 4 is 46.8 Å². The fourth-order valence-electron chi connectivity index (χ4n) is 2.06. The highest BCUT2D eigenvalue weighted by atomic mass is 32.1. The lowest BCUT2D eigenvalue weighted by Crippen LogP contribution is -2.07. The van der Waals surface area contributed by atoms with E-state index in [0.29, 0.717) is 0 Å². The van der Waals surface area contributed by atoms with E-state index < -0.39 is 22.2 Å². The van der Waals surface area contributed by atoms with Crippen LogP contribution in [-0.4, -0.2) is 9.97 Å². The van der Waals surface area contributed by atoms with E-state index in [1.807, 2.05) is 0 Å². The smallest absolute Gasteiger partial charge is 0.260 e. The molecule has 0 fully saturated rings. The van der Waals surface area contributed by atoms with E-state index in [1.165, 1.54) is 0 Å². The zero-order valence-electron chi connectivity index (χ0n) is 8.53. The first-order chi connectivity index (χ1) is 8.43. The molecule has 0 atom stereocenters. The fraction of sp³-hybridized carbons (Fsp3) is 0. The summed E-state index contributed by atoms with van der Waals surface area (Å²) in [7, 11) is 0. The predicted molar refractivity (Wildman–Crippen MR) is 72.1 cm³/mol. The molecule has 90 valence electrons. The van der Waals surface area contributed by atoms with Gasteiger partial charge in [-0.15, -0.1) is 25.3 Å². The Balaban J connectivity index is 2.94. The second-order valence-corrected chi connectivity index (χ2v) is 4.66. The third-order valence-electron chi connectivity index (χ3n) is 2.81. The molecule has 2 N–H and O–H groups in total. The number of thiol groups is 2. The SMILES string of the molecule is O=c1[nH]c(=O)c2c(S)c3c(=O)[nH]c(=O)c3c(S)c12. The van der Waals surface area contributed by atoms with E-state index in [-0.39, 0.29) is 31.3 Å². The molecular formula is C10H4N2O4S2. The molecule has 0 spiro atoms. The number of aromatic amines is 2. The number of fused-ring (bicyclic) bond motifs is 2. The van der Waals surface area contributed by atoms with Crippen LogP contribution in [-0.2, 0) is 0 Å². The molecule has 0 saturated carbocycles. The van der Waals surface area contributed by atoms with Crippen LogP contribution in [0.25, 0.3) is 21.5 Å². The predicted octanol–water partition coefficient (Wildman–Crippen LogP) is -0.457. The molecule has 3 aromatic rings. The largest absolute Gasteiger partial charge is 0.288 e. The van der Waals surface area contributed by atoms with E-state index in [0.717, 1.165) is 0 Å². The quantitative estimate of drug-likeness (QED) is 0.419. The van der Waals surface area contributed by atoms with Crippen LogP contribution in [0.2, 0.25) is 0 Å². The minimum atomic E-state index is -0.648. The number of H-pyrrole nitrogens is 2. The summed E-state index contributed by atoms with van der Waals surface area (Å²) in [5.41, 5.74) is -2.59. The van der Waals surface area contributed by atoms with Gasteiger partial charge in [0, 0.05) is 9.79 Å². The van der Waals surface area contributed by atoms with E-state index in [9.17, 15) is 19.2 Å². The lowest BCUT2D eigenvalue weighted by atomic mass is 10.1. The fourth-order valence-corrected chi connectivity index (χ4v) is 2.92. The Bertz CT molecular complexity index is 862. The maximum absolute atomic E-state index is 11.6. The van der Waals surface area contributed by atoms with Gasteiger partial charge in [-0.1, -0.05) is 0 Å². The van der Waals surface area contributed by atoms with Crippen molar-refractivity contribution in [1.82, 2.24) is 9.97 Å². The second-order valence-electron chi connectivity index (χ2n) is 3.76. The molecule has 3 rings (SSSR count). The molecule has 0 saturated heterocycles. The van der Waals surface area contributed by atoms with Gasteiger partial charge in [-0.05, 0) is 0 Å². The Kier molecular flexibility index (Phi) is 2.11. The van der Waals surface area contributed by atoms with Gasteiger partial charge >= 0.3 is 0 Å². The molecule has 18 heavy (non-hydrogen) atoms. The van der Waals surface area contributed by atoms with Crippen molar-refractivity contribution in [3.8, 4) is 0 Å². The molecule has 6 nitrogen and oxygen atoms in total. The van der Waals surface area contributed by atoms with Crippen molar-refractivity contribution in [2.45, 2.75) is 9.79 Å². The van der Waals surface area contributed by atoms with E-state index in [2.05, 4.69) is 35.2 Å². The Morgan fingerprint density at radius 2 is 0.778 bits per heavy atom. The van der Waals surface area contributed by atoms with Gasteiger partial charge in [-0.3, -0.25) is 29.1 Å². The van der Waals surface area contributed by atoms with Gasteiger partial charge in [-0.25, -0.2) is 0 Å². The standard InChI is InChI=1S/C10H4N2O4S2/c13-7-1-2(8(14)11-7)6(18)4-3(5(1)17)9(15)12-10(4)16/h17-18H,(H,11,13,14)(H,12,15,16). The van der Waals surface area contributed by atoms with Gasteiger partial charge in [0.25, 0.3) is 22.2 Å². The number of aromatic nitrogens is 2. The summed E-state index contributed by atoms with van der Waals surface area (Å²) in [6.45, 7) is 0. The third kappa shape index (κ3) is 1.16. The topological polar surface area (TPSA) is 99.9 Å². The van der Waals surface area contributed by atoms with Crippen molar-refractivity contribution in [1.29, 1.82) is 0 Å². The monoisotopic (exact) mass is 280 g/mol. The first-order valence-corrected chi connectivity index (χ1v) is 5.66. The normalized spacial score (nSPS) is 11.7. The average Bonchev–Trinajstić information content (AvgIpc) is 2.73. The van der Waals surface area contributed by atoms with Crippen LogP contribution >= 0.6 is 25.3 Å². The maximum Gasteiger partial charge on any atom is 0.260 e. The van der Waals surface area contributed by atoms with Crippen molar-refractivity contribution < 1.29 is 0 Å². The van der Waals surface area contributed by atoms with Gasteiger partial charge in [0.05, 0.1) is 21.5 Å². The highest BCUT2D eigenvalue weighted by Crippen LogP contribution is 2.30. The zero-order valence-corrected chi connectivity index (χ0v) is 10.3. The van der Waals surface area contributed by atoms with Gasteiger partial charge in [0.2, 0.25) is 0 Å². The Hall–Kier alpha value is -1.80. The number of hydrogen-bond donors (Lipinski definition) is 4. The molecule has 0 unspecified atom stereocenters. The molecule has 0 aliphatic rings. The summed E-state index contributed by atoms with van der Waals surface area (Å²) in [6, 6.07) is 0. The highest BCUT2D eigenvalue weighted by molar-refractivity contribution is 7.81. The van der Waals surface area contributed by atoms with Gasteiger partial charge < -0.3 is 0 Å². The molecule has 1 aromatic carbocycles. The summed E-state index contributed by atoms with van der Waals surface area (Å²) in [5.74, 6) is 0. The lowest BCUT2D eigenvalue weighted by Gasteiger charge is -1.99. The van der Waals surface area contributed by atoms with Crippen molar-refractivity contribution in [2.24, 2.45) is 0 Å². The van der Waals surface area contributed by atoms with Crippen LogP contribution in [0.15, 0.2) is 29.0 Å². The molecule has 0 aliphatic heterocycles. The Morgan fingerprint density at radius 3 is 1.00 bits per heavy atom. The van der Waals surface area contributed by atoms with Gasteiger partial charge in [0.1, 0.15) is 0 Å². The first-order valence-electron chi connectivity index (χ1n) is 4.76. The second kappa shape index (κ2) is 3.36. The third-order valence-corrected chi connectivity index (χ3v) is 3.70. The number of benzene rings is 1. The minimum absolute atomic E-state index is 0.0167. The molecule has 2 aromatic heterocycles. The lowest BCUT2D eigenvalue weighted by molar-refractivity contribution is 1.25. The molecule has 0 amide bonds. The van der Waals surface area contributed by atoms with Crippen molar-refractivity contribution in [3.63, 3.8) is 0 Å². The van der Waals surface area contributed by atoms with E-state index in [4.69, 9.17) is 0 Å². The van der Waals surface area contributed by atoms with Crippen molar-refractivity contribution in [2.75, 3.05) is 0 Å². The summed E-state index contributed by atoms with van der Waals surface area (Å²) < 4.78 is 0.